The van der Waals surface area contributed by atoms with E-state index < -0.39 is 66.2 Å². The van der Waals surface area contributed by atoms with Gasteiger partial charge < -0.3 is 48.3 Å². The molecule has 230 valence electrons. The molecule has 0 aliphatic rings. The zero-order chi connectivity index (χ0) is 31.4. The molecule has 0 aliphatic heterocycles. The number of para-hydroxylation sites is 1. The molecule has 0 spiro atoms. The molecule has 2 rings (SSSR count). The number of hydrogen-bond acceptors (Lipinski definition) is 7. The third kappa shape index (κ3) is 10.1. The van der Waals surface area contributed by atoms with Crippen LogP contribution in [0.3, 0.4) is 0 Å². The lowest BCUT2D eigenvalue weighted by atomic mass is 9.98. The number of hydrogen-bond donors (Lipinski definition) is 9. The Morgan fingerprint density at radius 3 is 2.24 bits per heavy atom. The summed E-state index contributed by atoms with van der Waals surface area (Å²) >= 11 is 0. The molecule has 5 unspecified atom stereocenters. The van der Waals surface area contributed by atoms with Gasteiger partial charge in [-0.2, -0.15) is 0 Å². The highest BCUT2D eigenvalue weighted by Gasteiger charge is 2.32. The van der Waals surface area contributed by atoms with E-state index in [-0.39, 0.29) is 31.8 Å². The summed E-state index contributed by atoms with van der Waals surface area (Å²) in [4.78, 5) is 69.4. The summed E-state index contributed by atoms with van der Waals surface area (Å²) in [5.41, 5.74) is 18.4. The van der Waals surface area contributed by atoms with Crippen molar-refractivity contribution in [2.75, 3.05) is 6.54 Å². The number of aromatic amines is 1. The Labute approximate surface area is 242 Å². The van der Waals surface area contributed by atoms with Crippen LogP contribution in [0.4, 0.5) is 0 Å². The van der Waals surface area contributed by atoms with Crippen molar-refractivity contribution in [3.05, 3.63) is 36.0 Å². The highest BCUT2D eigenvalue weighted by molar-refractivity contribution is 5.96. The lowest BCUT2D eigenvalue weighted by molar-refractivity contribution is -0.144. The third-order valence-electron chi connectivity index (χ3n) is 6.82. The molecule has 15 heteroatoms. The Bertz CT molecular complexity index is 1290. The Kier molecular flexibility index (Phi) is 12.7. The number of guanidine groups is 1. The lowest BCUT2D eigenvalue weighted by Gasteiger charge is -2.26. The molecule has 1 heterocycles. The van der Waals surface area contributed by atoms with E-state index in [4.69, 9.17) is 17.2 Å². The second kappa shape index (κ2) is 16.0. The first-order valence-electron chi connectivity index (χ1n) is 13.6. The molecule has 12 N–H and O–H groups in total. The molecule has 42 heavy (non-hydrogen) atoms. The number of carbonyl (C=O) groups excluding carboxylic acids is 3. The van der Waals surface area contributed by atoms with Gasteiger partial charge in [-0.05, 0) is 36.8 Å². The van der Waals surface area contributed by atoms with Crippen LogP contribution in [0, 0.1) is 5.92 Å². The second-order valence-electron chi connectivity index (χ2n) is 10.0. The topological polar surface area (TPSA) is 268 Å². The summed E-state index contributed by atoms with van der Waals surface area (Å²) < 4.78 is 0. The number of nitrogens with two attached hydrogens (primary N) is 3. The van der Waals surface area contributed by atoms with E-state index in [0.717, 1.165) is 16.5 Å². The zero-order valence-electron chi connectivity index (χ0n) is 23.6. The minimum absolute atomic E-state index is 0.00495. The number of carboxylic acids is 2. The van der Waals surface area contributed by atoms with Gasteiger partial charge in [0.25, 0.3) is 0 Å². The van der Waals surface area contributed by atoms with Crippen LogP contribution in [0.15, 0.2) is 35.5 Å². The fourth-order valence-electron chi connectivity index (χ4n) is 4.27. The maximum absolute atomic E-state index is 13.2. The molecule has 3 amide bonds. The number of amides is 3. The lowest BCUT2D eigenvalue weighted by Crippen LogP contribution is -2.58. The first kappa shape index (κ1) is 33.5. The molecule has 2 aromatic rings. The van der Waals surface area contributed by atoms with Crippen LogP contribution < -0.4 is 33.2 Å². The Balaban J connectivity index is 2.18. The van der Waals surface area contributed by atoms with Gasteiger partial charge in [0.2, 0.25) is 17.7 Å². The number of H-pyrrole nitrogens is 1. The summed E-state index contributed by atoms with van der Waals surface area (Å²) in [5, 5.41) is 27.1. The molecule has 1 aromatic heterocycles. The van der Waals surface area contributed by atoms with Crippen molar-refractivity contribution in [2.24, 2.45) is 28.1 Å². The normalized spacial score (nSPS) is 14.5. The van der Waals surface area contributed by atoms with Crippen LogP contribution in [0.25, 0.3) is 10.9 Å². The zero-order valence-corrected chi connectivity index (χ0v) is 23.6. The van der Waals surface area contributed by atoms with Crippen molar-refractivity contribution in [3.8, 4) is 0 Å². The van der Waals surface area contributed by atoms with E-state index in [9.17, 15) is 34.2 Å². The molecule has 0 radical (unpaired) electrons. The number of aliphatic carboxylic acids is 2. The van der Waals surface area contributed by atoms with Crippen molar-refractivity contribution >= 4 is 46.5 Å². The van der Waals surface area contributed by atoms with Gasteiger partial charge in [-0.25, -0.2) is 4.79 Å². The fourth-order valence-corrected chi connectivity index (χ4v) is 4.27. The predicted molar refractivity (Wildman–Crippen MR) is 155 cm³/mol. The van der Waals surface area contributed by atoms with Crippen LogP contribution in [0.5, 0.6) is 0 Å². The number of nitrogens with zero attached hydrogens (tertiary/aromatic N) is 1. The van der Waals surface area contributed by atoms with E-state index >= 15 is 0 Å². The quantitative estimate of drug-likeness (QED) is 0.0627. The van der Waals surface area contributed by atoms with Crippen LogP contribution in [-0.2, 0) is 30.4 Å². The summed E-state index contributed by atoms with van der Waals surface area (Å²) in [7, 11) is 0. The van der Waals surface area contributed by atoms with Crippen LogP contribution in [0.2, 0.25) is 0 Å². The molecule has 0 saturated heterocycles. The van der Waals surface area contributed by atoms with Crippen LogP contribution in [0.1, 0.15) is 45.1 Å². The Hall–Kier alpha value is -4.66. The minimum Gasteiger partial charge on any atom is -0.481 e. The molecule has 0 aliphatic carbocycles. The molecule has 15 nitrogen and oxygen atoms in total. The number of benzene rings is 1. The SMILES string of the molecule is CCC(C)C(NC(=O)C(CCCN=C(N)N)NC(=O)C(CC(=O)O)NC(=O)C(N)Cc1c[nH]c2ccccc12)C(=O)O. The van der Waals surface area contributed by atoms with Crippen molar-refractivity contribution in [1.82, 2.24) is 20.9 Å². The largest absolute Gasteiger partial charge is 0.481 e. The monoisotopic (exact) mass is 588 g/mol. The number of aromatic nitrogens is 1. The predicted octanol–water partition coefficient (Wildman–Crippen LogP) is -0.849. The molecule has 1 aromatic carbocycles. The molecule has 0 fully saturated rings. The highest BCUT2D eigenvalue weighted by atomic mass is 16.4. The Morgan fingerprint density at radius 2 is 1.62 bits per heavy atom. The van der Waals surface area contributed by atoms with Crippen molar-refractivity contribution in [3.63, 3.8) is 0 Å². The molecule has 0 saturated carbocycles. The molecule has 0 bridgehead atoms. The van der Waals surface area contributed by atoms with Crippen LogP contribution in [-0.4, -0.2) is 81.5 Å². The van der Waals surface area contributed by atoms with Crippen molar-refractivity contribution < 1.29 is 34.2 Å². The van der Waals surface area contributed by atoms with E-state index in [2.05, 4.69) is 25.9 Å². The average Bonchev–Trinajstić information content (AvgIpc) is 3.34. The summed E-state index contributed by atoms with van der Waals surface area (Å²) in [5.74, 6) is -5.73. The van der Waals surface area contributed by atoms with Gasteiger partial charge in [-0.1, -0.05) is 38.5 Å². The van der Waals surface area contributed by atoms with E-state index in [1.165, 1.54) is 0 Å². The van der Waals surface area contributed by atoms with Crippen molar-refractivity contribution in [2.45, 2.75) is 70.1 Å². The number of rotatable bonds is 17. The molecule has 5 atom stereocenters. The number of nitrogens with one attached hydrogen (secondary N) is 4. The van der Waals surface area contributed by atoms with Crippen molar-refractivity contribution in [1.29, 1.82) is 0 Å². The van der Waals surface area contributed by atoms with Gasteiger partial charge in [0, 0.05) is 23.6 Å². The first-order chi connectivity index (χ1) is 19.8. The number of carbonyl (C=O) groups is 5. The second-order valence-corrected chi connectivity index (χ2v) is 10.0. The number of aliphatic imine (C=N–C) groups is 1. The van der Waals surface area contributed by atoms with Gasteiger partial charge in [0.05, 0.1) is 12.5 Å². The number of fused-ring (bicyclic) bond motifs is 1. The van der Waals surface area contributed by atoms with E-state index in [1.54, 1.807) is 20.0 Å². The summed E-state index contributed by atoms with van der Waals surface area (Å²) in [6, 6.07) is 2.24. The molecular weight excluding hydrogens is 548 g/mol. The minimum atomic E-state index is -1.57. The smallest absolute Gasteiger partial charge is 0.326 e. The van der Waals surface area contributed by atoms with E-state index in [1.807, 2.05) is 24.3 Å². The fraction of sp³-hybridized carbons (Fsp3) is 0.481. The third-order valence-corrected chi connectivity index (χ3v) is 6.82. The van der Waals surface area contributed by atoms with E-state index in [0.29, 0.717) is 6.42 Å². The van der Waals surface area contributed by atoms with Gasteiger partial charge in [0.15, 0.2) is 5.96 Å². The van der Waals surface area contributed by atoms with Gasteiger partial charge in [-0.3, -0.25) is 24.2 Å². The summed E-state index contributed by atoms with van der Waals surface area (Å²) in [6.45, 7) is 3.54. The molecular formula is C27H40N8O7. The first-order valence-corrected chi connectivity index (χ1v) is 13.6. The standard InChI is InChI=1S/C27H40N8O7/c1-3-14(2)22(26(41)42)35-24(39)19(9-6-10-31-27(29)30)33-25(40)20(12-21(36)37)34-23(38)17(28)11-15-13-32-18-8-5-4-7-16(15)18/h4-5,7-8,13-14,17,19-20,22,32H,3,6,9-12,28H2,1-2H3,(H,33,40)(H,34,38)(H,35,39)(H,36,37)(H,41,42)(H4,29,30,31). The van der Waals surface area contributed by atoms with Gasteiger partial charge in [-0.15, -0.1) is 0 Å². The van der Waals surface area contributed by atoms with Gasteiger partial charge in [0.1, 0.15) is 18.1 Å². The van der Waals surface area contributed by atoms with Gasteiger partial charge >= 0.3 is 11.9 Å². The Morgan fingerprint density at radius 1 is 0.976 bits per heavy atom. The summed E-state index contributed by atoms with van der Waals surface area (Å²) in [6.07, 6.45) is 1.72. The van der Waals surface area contributed by atoms with Crippen LogP contribution >= 0.6 is 0 Å². The maximum atomic E-state index is 13.2. The highest BCUT2D eigenvalue weighted by Crippen LogP contribution is 2.19. The maximum Gasteiger partial charge on any atom is 0.326 e. The average molecular weight is 589 g/mol. The number of carboxylic acid groups (broad SMARTS) is 2.